The molecule has 3 aromatic rings. The van der Waals surface area contributed by atoms with Crippen molar-refractivity contribution in [2.45, 2.75) is 0 Å². The van der Waals surface area contributed by atoms with E-state index in [0.717, 1.165) is 0 Å². The molecule has 0 heteroatoms. The second kappa shape index (κ2) is 2.73. The van der Waals surface area contributed by atoms with Gasteiger partial charge in [-0.25, -0.2) is 0 Å². The molecule has 0 radical (unpaired) electrons. The van der Waals surface area contributed by atoms with E-state index in [1.165, 1.54) is 33.0 Å². The summed E-state index contributed by atoms with van der Waals surface area (Å²) in [4.78, 5) is 0. The topological polar surface area (TPSA) is 0 Å². The molecule has 3 aromatic carbocycles. The monoisotopic (exact) mass is 208 g/mol. The Kier molecular flexibility index (Phi) is 1.39. The molecule has 0 amide bonds. The maximum absolute atomic E-state index is 2.22. The summed E-state index contributed by atoms with van der Waals surface area (Å²) in [7, 11) is 0. The van der Waals surface area contributed by atoms with Crippen LogP contribution in [0.1, 0.15) is 0 Å². The van der Waals surface area contributed by atoms with E-state index in [1.807, 2.05) is 0 Å². The highest BCUT2D eigenvalue weighted by Gasteiger charge is 2.19. The van der Waals surface area contributed by atoms with Crippen molar-refractivity contribution in [3.63, 3.8) is 0 Å². The van der Waals surface area contributed by atoms with E-state index in [9.17, 15) is 0 Å². The average Bonchev–Trinajstić information content (AvgIpc) is 2.68. The summed E-state index contributed by atoms with van der Waals surface area (Å²) < 4.78 is 0. The maximum atomic E-state index is 2.22. The standard InChI is InChI=1S/C16H10/c1-2-8-13-12(7-1)14-9-3-5-11-6-4-10-15(13)16(11)14/h1-10H/i1+1,2+1,7+1,8+1,12+1,13+1. The van der Waals surface area contributed by atoms with E-state index in [0.29, 0.717) is 0 Å². The summed E-state index contributed by atoms with van der Waals surface area (Å²) >= 11 is 0. The molecule has 0 nitrogen and oxygen atoms in total. The second-order valence-electron chi connectivity index (χ2n) is 4.25. The third kappa shape index (κ3) is 0.849. The molecule has 0 saturated heterocycles. The van der Waals surface area contributed by atoms with Crippen molar-refractivity contribution in [1.82, 2.24) is 0 Å². The summed E-state index contributed by atoms with van der Waals surface area (Å²) in [6.45, 7) is 0. The van der Waals surface area contributed by atoms with Gasteiger partial charge in [-0.05, 0) is 33.0 Å². The SMILES string of the molecule is c1cc2c3c(cccc3c1)-[13c]1[13cH][13cH][13cH][13cH][13c]1-2. The summed E-state index contributed by atoms with van der Waals surface area (Å²) in [5.74, 6) is 0. The molecule has 4 rings (SSSR count). The number of rotatable bonds is 0. The van der Waals surface area contributed by atoms with Gasteiger partial charge in [0.15, 0.2) is 0 Å². The zero-order chi connectivity index (χ0) is 10.5. The largest absolute Gasteiger partial charge is 0.0616 e. The van der Waals surface area contributed by atoms with Gasteiger partial charge in [-0.1, -0.05) is 60.7 Å². The zero-order valence-corrected chi connectivity index (χ0v) is 8.77. The van der Waals surface area contributed by atoms with Crippen molar-refractivity contribution in [1.29, 1.82) is 0 Å². The summed E-state index contributed by atoms with van der Waals surface area (Å²) in [6.07, 6.45) is 0. The van der Waals surface area contributed by atoms with Gasteiger partial charge in [0.25, 0.3) is 0 Å². The minimum Gasteiger partial charge on any atom is -0.0616 e. The van der Waals surface area contributed by atoms with Crippen LogP contribution in [0.25, 0.3) is 33.0 Å². The highest BCUT2D eigenvalue weighted by atomic mass is 14.9. The van der Waals surface area contributed by atoms with Gasteiger partial charge in [-0.15, -0.1) is 0 Å². The smallest absolute Gasteiger partial charge is 0.00264 e. The molecular weight excluding hydrogens is 198 g/mol. The molecule has 0 N–H and O–H groups in total. The minimum absolute atomic E-state index is 1.34. The molecule has 0 bridgehead atoms. The van der Waals surface area contributed by atoms with E-state index in [4.69, 9.17) is 0 Å². The first-order valence-electron chi connectivity index (χ1n) is 5.57. The lowest BCUT2D eigenvalue weighted by molar-refractivity contribution is 1.70. The van der Waals surface area contributed by atoms with Crippen LogP contribution in [0.5, 0.6) is 0 Å². The fraction of sp³-hybridized carbons (Fsp3) is 0. The van der Waals surface area contributed by atoms with Crippen LogP contribution in [0, 0.1) is 0 Å². The van der Waals surface area contributed by atoms with Crippen molar-refractivity contribution < 1.29 is 0 Å². The van der Waals surface area contributed by atoms with Gasteiger partial charge >= 0.3 is 0 Å². The molecule has 0 aromatic heterocycles. The van der Waals surface area contributed by atoms with Gasteiger partial charge in [0, 0.05) is 0 Å². The lowest BCUT2D eigenvalue weighted by Crippen LogP contribution is -1.73. The van der Waals surface area contributed by atoms with Crippen molar-refractivity contribution in [2.75, 3.05) is 0 Å². The fourth-order valence-corrected chi connectivity index (χ4v) is 2.74. The average molecular weight is 208 g/mol. The van der Waals surface area contributed by atoms with Gasteiger partial charge in [-0.2, -0.15) is 0 Å². The van der Waals surface area contributed by atoms with E-state index in [1.54, 1.807) is 0 Å². The molecule has 74 valence electrons. The number of benzene rings is 3. The molecule has 0 atom stereocenters. The third-order valence-corrected chi connectivity index (χ3v) is 3.41. The van der Waals surface area contributed by atoms with Crippen LogP contribution >= 0.6 is 0 Å². The summed E-state index contributed by atoms with van der Waals surface area (Å²) in [6, 6.07) is 21.8. The molecule has 0 spiro atoms. The van der Waals surface area contributed by atoms with Crippen LogP contribution in [-0.4, -0.2) is 0 Å². The first-order valence-corrected chi connectivity index (χ1v) is 5.57. The molecular formula is C16H10. The van der Waals surface area contributed by atoms with Crippen LogP contribution in [-0.2, 0) is 0 Å². The van der Waals surface area contributed by atoms with Gasteiger partial charge in [0.05, 0.1) is 0 Å². The van der Waals surface area contributed by atoms with Gasteiger partial charge < -0.3 is 0 Å². The van der Waals surface area contributed by atoms with E-state index >= 15 is 0 Å². The molecule has 0 fully saturated rings. The van der Waals surface area contributed by atoms with Gasteiger partial charge in [0.1, 0.15) is 0 Å². The number of hydrogen-bond acceptors (Lipinski definition) is 0. The quantitative estimate of drug-likeness (QED) is 0.399. The Bertz CT molecular complexity index is 650. The molecule has 0 heterocycles. The van der Waals surface area contributed by atoms with Crippen molar-refractivity contribution in [2.24, 2.45) is 0 Å². The Balaban J connectivity index is 2.31. The number of fused-ring (bicyclic) bond motifs is 3. The van der Waals surface area contributed by atoms with Crippen molar-refractivity contribution >= 4 is 10.8 Å². The third-order valence-electron chi connectivity index (χ3n) is 3.41. The second-order valence-corrected chi connectivity index (χ2v) is 4.25. The highest BCUT2D eigenvalue weighted by molar-refractivity contribution is 6.15. The normalized spacial score (nSPS) is 11.8. The molecule has 0 unspecified atom stereocenters. The van der Waals surface area contributed by atoms with Crippen LogP contribution in [0.15, 0.2) is 60.7 Å². The van der Waals surface area contributed by atoms with Crippen LogP contribution in [0.4, 0.5) is 0 Å². The Hall–Kier alpha value is -2.08. The Morgan fingerprint density at radius 3 is 1.50 bits per heavy atom. The Labute approximate surface area is 94.2 Å². The molecule has 0 aliphatic heterocycles. The summed E-state index contributed by atoms with van der Waals surface area (Å²) in [5.41, 5.74) is 5.50. The Morgan fingerprint density at radius 2 is 0.938 bits per heavy atom. The fourth-order valence-electron chi connectivity index (χ4n) is 2.74. The van der Waals surface area contributed by atoms with Gasteiger partial charge in [-0.3, -0.25) is 0 Å². The molecule has 1 aliphatic carbocycles. The summed E-state index contributed by atoms with van der Waals surface area (Å²) in [5, 5.41) is 2.75. The zero-order valence-electron chi connectivity index (χ0n) is 8.77. The van der Waals surface area contributed by atoms with Crippen LogP contribution < -0.4 is 0 Å². The first kappa shape index (κ1) is 8.12. The van der Waals surface area contributed by atoms with Crippen molar-refractivity contribution in [3.8, 4) is 22.3 Å². The predicted molar refractivity (Wildman–Crippen MR) is 68.4 cm³/mol. The van der Waals surface area contributed by atoms with Crippen molar-refractivity contribution in [3.05, 3.63) is 60.7 Å². The first-order chi connectivity index (χ1) is 7.95. The molecule has 1 aliphatic rings. The minimum atomic E-state index is 1.34. The van der Waals surface area contributed by atoms with Crippen LogP contribution in [0.3, 0.4) is 0 Å². The lowest BCUT2D eigenvalue weighted by Gasteiger charge is -2.00. The molecule has 16 heavy (non-hydrogen) atoms. The maximum Gasteiger partial charge on any atom is -0.00264 e. The number of hydrogen-bond donors (Lipinski definition) is 0. The Morgan fingerprint density at radius 1 is 0.438 bits per heavy atom. The van der Waals surface area contributed by atoms with E-state index in [2.05, 4.69) is 60.7 Å². The lowest BCUT2D eigenvalue weighted by atomic mass is 10.1. The van der Waals surface area contributed by atoms with E-state index in [-0.39, 0.29) is 0 Å². The van der Waals surface area contributed by atoms with Crippen LogP contribution in [0.2, 0.25) is 0 Å². The van der Waals surface area contributed by atoms with E-state index < -0.39 is 0 Å². The highest BCUT2D eigenvalue weighted by Crippen LogP contribution is 2.46. The molecule has 0 saturated carbocycles. The predicted octanol–water partition coefficient (Wildman–Crippen LogP) is 4.49. The van der Waals surface area contributed by atoms with Gasteiger partial charge in [0.2, 0.25) is 0 Å².